The van der Waals surface area contributed by atoms with E-state index in [9.17, 15) is 13.2 Å². The summed E-state index contributed by atoms with van der Waals surface area (Å²) < 4.78 is 30.9. The number of benzene rings is 2. The number of nitrogens with zero attached hydrogens (tertiary/aromatic N) is 1. The number of hydrogen-bond acceptors (Lipinski definition) is 4. The van der Waals surface area contributed by atoms with Crippen molar-refractivity contribution in [2.75, 3.05) is 24.2 Å². The smallest absolute Gasteiger partial charge is 0.243 e. The van der Waals surface area contributed by atoms with Gasteiger partial charge in [-0.05, 0) is 43.5 Å². The lowest BCUT2D eigenvalue weighted by Crippen LogP contribution is -2.48. The maximum absolute atomic E-state index is 12.6. The Balaban J connectivity index is 2.02. The van der Waals surface area contributed by atoms with Gasteiger partial charge in [-0.15, -0.1) is 0 Å². The maximum Gasteiger partial charge on any atom is 0.243 e. The van der Waals surface area contributed by atoms with Gasteiger partial charge >= 0.3 is 0 Å². The third kappa shape index (κ3) is 5.87. The largest absolute Gasteiger partial charge is 0.497 e. The predicted molar refractivity (Wildman–Crippen MR) is 113 cm³/mol. The van der Waals surface area contributed by atoms with Crippen LogP contribution >= 0.6 is 11.6 Å². The monoisotopic (exact) mass is 424 g/mol. The first-order chi connectivity index (χ1) is 13.2. The summed E-state index contributed by atoms with van der Waals surface area (Å²) in [7, 11) is -2.17. The number of sulfonamides is 1. The van der Waals surface area contributed by atoms with E-state index in [0.29, 0.717) is 29.4 Å². The number of methoxy groups -OCH3 is 1. The van der Waals surface area contributed by atoms with E-state index in [-0.39, 0.29) is 5.91 Å². The van der Waals surface area contributed by atoms with E-state index in [4.69, 9.17) is 16.3 Å². The van der Waals surface area contributed by atoms with Gasteiger partial charge in [-0.25, -0.2) is 8.42 Å². The van der Waals surface area contributed by atoms with E-state index < -0.39 is 16.1 Å². The molecular formula is C20H25ClN2O4S. The zero-order valence-corrected chi connectivity index (χ0v) is 17.8. The van der Waals surface area contributed by atoms with Gasteiger partial charge in [0.1, 0.15) is 11.8 Å². The van der Waals surface area contributed by atoms with Crippen molar-refractivity contribution >= 4 is 33.2 Å². The molecule has 1 N–H and O–H groups in total. The first kappa shape index (κ1) is 22.0. The van der Waals surface area contributed by atoms with Crippen molar-refractivity contribution in [1.29, 1.82) is 0 Å². The highest BCUT2D eigenvalue weighted by atomic mass is 35.5. The summed E-state index contributed by atoms with van der Waals surface area (Å²) in [5.74, 6) is 0.144. The van der Waals surface area contributed by atoms with Crippen LogP contribution in [0.15, 0.2) is 48.5 Å². The van der Waals surface area contributed by atoms with E-state index in [1.165, 1.54) is 7.11 Å². The van der Waals surface area contributed by atoms with E-state index in [1.54, 1.807) is 31.2 Å². The van der Waals surface area contributed by atoms with Crippen molar-refractivity contribution in [2.45, 2.75) is 25.8 Å². The standard InChI is InChI=1S/C20H25ClN2O4S/c1-15(20(24)22-13-7-9-16-8-4-5-12-19(16)21)23(28(3,25)26)17-10-6-11-18(14-17)27-2/h4-6,8,10-12,14-15H,7,9,13H2,1-3H3,(H,22,24)/t15-/m0/s1. The van der Waals surface area contributed by atoms with Crippen molar-refractivity contribution in [2.24, 2.45) is 0 Å². The zero-order chi connectivity index (χ0) is 20.7. The number of nitrogens with one attached hydrogen (secondary N) is 1. The highest BCUT2D eigenvalue weighted by Crippen LogP contribution is 2.25. The SMILES string of the molecule is COc1cccc(N([C@@H](C)C(=O)NCCCc2ccccc2Cl)S(C)(=O)=O)c1. The van der Waals surface area contributed by atoms with E-state index >= 15 is 0 Å². The van der Waals surface area contributed by atoms with Crippen LogP contribution in [0.25, 0.3) is 0 Å². The maximum atomic E-state index is 12.6. The van der Waals surface area contributed by atoms with Crippen molar-refractivity contribution < 1.29 is 17.9 Å². The van der Waals surface area contributed by atoms with Crippen LogP contribution < -0.4 is 14.4 Å². The molecular weight excluding hydrogens is 400 g/mol. The van der Waals surface area contributed by atoms with Crippen LogP contribution in [0.1, 0.15) is 18.9 Å². The molecule has 0 aliphatic heterocycles. The van der Waals surface area contributed by atoms with Crippen molar-refractivity contribution in [3.63, 3.8) is 0 Å². The number of ether oxygens (including phenoxy) is 1. The van der Waals surface area contributed by atoms with Gasteiger partial charge in [0, 0.05) is 17.6 Å². The molecule has 28 heavy (non-hydrogen) atoms. The molecule has 8 heteroatoms. The molecule has 2 aromatic carbocycles. The fraction of sp³-hybridized carbons (Fsp3) is 0.350. The Bertz CT molecular complexity index is 918. The second-order valence-electron chi connectivity index (χ2n) is 6.42. The third-order valence-corrected chi connectivity index (χ3v) is 5.89. The van der Waals surface area contributed by atoms with Crippen LogP contribution in [0.4, 0.5) is 5.69 Å². The highest BCUT2D eigenvalue weighted by Gasteiger charge is 2.29. The lowest BCUT2D eigenvalue weighted by atomic mass is 10.1. The third-order valence-electron chi connectivity index (χ3n) is 4.28. The van der Waals surface area contributed by atoms with Gasteiger partial charge in [-0.3, -0.25) is 9.10 Å². The minimum atomic E-state index is -3.67. The van der Waals surface area contributed by atoms with Crippen molar-refractivity contribution in [3.05, 3.63) is 59.1 Å². The van der Waals surface area contributed by atoms with Crippen LogP contribution in [-0.4, -0.2) is 40.3 Å². The van der Waals surface area contributed by atoms with Crippen molar-refractivity contribution in [1.82, 2.24) is 5.32 Å². The Labute approximate surface area is 171 Å². The molecule has 152 valence electrons. The summed E-state index contributed by atoms with van der Waals surface area (Å²) in [5.41, 5.74) is 1.39. The van der Waals surface area contributed by atoms with Gasteiger partial charge in [0.25, 0.3) is 0 Å². The van der Waals surface area contributed by atoms with Crippen LogP contribution in [-0.2, 0) is 21.2 Å². The molecule has 0 aromatic heterocycles. The fourth-order valence-electron chi connectivity index (χ4n) is 2.90. The minimum absolute atomic E-state index is 0.368. The first-order valence-corrected chi connectivity index (χ1v) is 11.1. The molecule has 2 aromatic rings. The van der Waals surface area contributed by atoms with Crippen LogP contribution in [0.2, 0.25) is 5.02 Å². The van der Waals surface area contributed by atoms with E-state index in [2.05, 4.69) is 5.32 Å². The Morgan fingerprint density at radius 3 is 2.57 bits per heavy atom. The summed E-state index contributed by atoms with van der Waals surface area (Å²) in [4.78, 5) is 12.6. The average Bonchev–Trinajstić information content (AvgIpc) is 2.65. The minimum Gasteiger partial charge on any atom is -0.497 e. The predicted octanol–water partition coefficient (Wildman–Crippen LogP) is 3.25. The van der Waals surface area contributed by atoms with Gasteiger partial charge in [0.05, 0.1) is 19.1 Å². The van der Waals surface area contributed by atoms with E-state index in [0.717, 1.165) is 22.5 Å². The normalized spacial score (nSPS) is 12.3. The molecule has 0 fully saturated rings. The summed E-state index contributed by atoms with van der Waals surface area (Å²) in [5, 5.41) is 3.50. The van der Waals surface area contributed by atoms with Crippen LogP contribution in [0.3, 0.4) is 0 Å². The topological polar surface area (TPSA) is 75.7 Å². The van der Waals surface area contributed by atoms with Gasteiger partial charge in [0.2, 0.25) is 15.9 Å². The number of carbonyl (C=O) groups excluding carboxylic acids is 1. The highest BCUT2D eigenvalue weighted by molar-refractivity contribution is 7.92. The van der Waals surface area contributed by atoms with Gasteiger partial charge in [-0.1, -0.05) is 35.9 Å². The Morgan fingerprint density at radius 1 is 1.21 bits per heavy atom. The Hall–Kier alpha value is -2.25. The molecule has 0 aliphatic rings. The van der Waals surface area contributed by atoms with Gasteiger partial charge in [0.15, 0.2) is 0 Å². The number of aryl methyl sites for hydroxylation is 1. The number of rotatable bonds is 9. The number of carbonyl (C=O) groups is 1. The summed E-state index contributed by atoms with van der Waals surface area (Å²) in [6.45, 7) is 1.98. The second-order valence-corrected chi connectivity index (χ2v) is 8.69. The summed E-state index contributed by atoms with van der Waals surface area (Å²) in [6, 6.07) is 13.3. The number of amides is 1. The quantitative estimate of drug-likeness (QED) is 0.627. The first-order valence-electron chi connectivity index (χ1n) is 8.88. The van der Waals surface area contributed by atoms with Crippen LogP contribution in [0.5, 0.6) is 5.75 Å². The molecule has 0 saturated carbocycles. The van der Waals surface area contributed by atoms with Gasteiger partial charge < -0.3 is 10.1 Å². The zero-order valence-electron chi connectivity index (χ0n) is 16.2. The molecule has 0 spiro atoms. The molecule has 1 atom stereocenters. The Kier molecular flexibility index (Phi) is 7.71. The molecule has 2 rings (SSSR count). The molecule has 0 unspecified atom stereocenters. The number of halogens is 1. The molecule has 0 bridgehead atoms. The molecule has 6 nitrogen and oxygen atoms in total. The van der Waals surface area contributed by atoms with E-state index in [1.807, 2.05) is 24.3 Å². The molecule has 0 radical (unpaired) electrons. The fourth-order valence-corrected chi connectivity index (χ4v) is 4.29. The van der Waals surface area contributed by atoms with Gasteiger partial charge in [-0.2, -0.15) is 0 Å². The number of anilines is 1. The lowest BCUT2D eigenvalue weighted by Gasteiger charge is -2.28. The van der Waals surface area contributed by atoms with Crippen molar-refractivity contribution in [3.8, 4) is 5.75 Å². The van der Waals surface area contributed by atoms with Crippen LogP contribution in [0, 0.1) is 0 Å². The Morgan fingerprint density at radius 2 is 1.93 bits per heavy atom. The average molecular weight is 425 g/mol. The lowest BCUT2D eigenvalue weighted by molar-refractivity contribution is -0.121. The molecule has 0 saturated heterocycles. The second kappa shape index (κ2) is 9.80. The molecule has 0 heterocycles. The number of hydrogen-bond donors (Lipinski definition) is 1. The molecule has 1 amide bonds. The molecule has 0 aliphatic carbocycles. The summed E-state index contributed by atoms with van der Waals surface area (Å²) >= 11 is 6.13. The summed E-state index contributed by atoms with van der Waals surface area (Å²) in [6.07, 6.45) is 2.49.